The topological polar surface area (TPSA) is 54.4 Å². The fourth-order valence-electron chi connectivity index (χ4n) is 2.21. The van der Waals surface area contributed by atoms with Crippen molar-refractivity contribution < 1.29 is 9.84 Å². The van der Waals surface area contributed by atoms with E-state index in [9.17, 15) is 5.11 Å². The van der Waals surface area contributed by atoms with Gasteiger partial charge in [-0.05, 0) is 42.1 Å². The van der Waals surface area contributed by atoms with Gasteiger partial charge in [-0.25, -0.2) is 0 Å². The Morgan fingerprint density at radius 1 is 1.29 bits per heavy atom. The first kappa shape index (κ1) is 13.7. The number of methoxy groups -OCH3 is 1. The van der Waals surface area contributed by atoms with Gasteiger partial charge in [-0.1, -0.05) is 0 Å². The molecule has 0 aliphatic rings. The van der Waals surface area contributed by atoms with Gasteiger partial charge in [-0.2, -0.15) is 0 Å². The smallest absolute Gasteiger partial charge is 0.160 e. The molecule has 0 amide bonds. The molecule has 21 heavy (non-hydrogen) atoms. The van der Waals surface area contributed by atoms with Crippen LogP contribution in [0.4, 0.5) is 5.69 Å². The summed E-state index contributed by atoms with van der Waals surface area (Å²) in [4.78, 5) is 4.45. The van der Waals surface area contributed by atoms with Crippen LogP contribution in [0.5, 0.6) is 11.5 Å². The first-order chi connectivity index (χ1) is 10.2. The number of phenolic OH excluding ortho intramolecular Hbond substituents is 1. The van der Waals surface area contributed by atoms with E-state index in [0.29, 0.717) is 5.75 Å². The second kappa shape index (κ2) is 5.61. The molecule has 2 aromatic heterocycles. The minimum Gasteiger partial charge on any atom is -0.504 e. The van der Waals surface area contributed by atoms with Gasteiger partial charge in [0.1, 0.15) is 0 Å². The number of aromatic hydroxyl groups is 1. The monoisotopic (exact) mass is 300 g/mol. The molecule has 0 saturated heterocycles. The maximum atomic E-state index is 9.81. The fourth-order valence-corrected chi connectivity index (χ4v) is 3.00. The van der Waals surface area contributed by atoms with Gasteiger partial charge in [-0.15, -0.1) is 11.3 Å². The number of thiophene rings is 1. The summed E-state index contributed by atoms with van der Waals surface area (Å²) >= 11 is 1.69. The molecule has 0 aliphatic carbocycles. The van der Waals surface area contributed by atoms with Crippen LogP contribution < -0.4 is 10.1 Å². The number of hydrogen-bond donors (Lipinski definition) is 2. The number of nitrogens with one attached hydrogen (secondary N) is 1. The highest BCUT2D eigenvalue weighted by Gasteiger charge is 2.09. The van der Waals surface area contributed by atoms with Crippen molar-refractivity contribution in [3.05, 3.63) is 47.5 Å². The number of nitrogens with zero attached hydrogens (tertiary/aromatic N) is 1. The number of fused-ring (bicyclic) bond motifs is 1. The van der Waals surface area contributed by atoms with Gasteiger partial charge in [0.15, 0.2) is 11.5 Å². The van der Waals surface area contributed by atoms with E-state index in [1.165, 1.54) is 11.8 Å². The number of rotatable bonds is 4. The van der Waals surface area contributed by atoms with Crippen LogP contribution in [0.1, 0.15) is 18.5 Å². The largest absolute Gasteiger partial charge is 0.504 e. The van der Waals surface area contributed by atoms with Crippen molar-refractivity contribution in [1.82, 2.24) is 4.98 Å². The lowest BCUT2D eigenvalue weighted by Gasteiger charge is -2.16. The summed E-state index contributed by atoms with van der Waals surface area (Å²) in [7, 11) is 1.53. The fraction of sp³-hybridized carbons (Fsp3) is 0.188. The van der Waals surface area contributed by atoms with Crippen molar-refractivity contribution >= 4 is 27.2 Å². The van der Waals surface area contributed by atoms with Crippen LogP contribution in [-0.2, 0) is 0 Å². The first-order valence-corrected chi connectivity index (χ1v) is 7.52. The van der Waals surface area contributed by atoms with Crippen molar-refractivity contribution in [1.29, 1.82) is 0 Å². The molecule has 0 radical (unpaired) electrons. The molecule has 1 unspecified atom stereocenters. The SMILES string of the molecule is COc1ccc(NC(C)c2cnc3ccsc3c2)cc1O. The molecule has 0 fully saturated rings. The van der Waals surface area contributed by atoms with Gasteiger partial charge in [-0.3, -0.25) is 4.98 Å². The molecule has 1 aromatic carbocycles. The van der Waals surface area contributed by atoms with Crippen LogP contribution in [0.15, 0.2) is 41.9 Å². The lowest BCUT2D eigenvalue weighted by atomic mass is 10.1. The first-order valence-electron chi connectivity index (χ1n) is 6.64. The summed E-state index contributed by atoms with van der Waals surface area (Å²) in [5.74, 6) is 0.594. The summed E-state index contributed by atoms with van der Waals surface area (Å²) in [6.45, 7) is 2.07. The summed E-state index contributed by atoms with van der Waals surface area (Å²) in [5.41, 5.74) is 2.98. The van der Waals surface area contributed by atoms with E-state index in [1.807, 2.05) is 23.7 Å². The Kier molecular flexibility index (Phi) is 3.66. The standard InChI is InChI=1S/C16H16N2O2S/c1-10(11-7-16-13(17-9-11)5-6-21-16)18-12-3-4-15(20-2)14(19)8-12/h3-10,18-19H,1-2H3. The number of ether oxygens (including phenoxy) is 1. The lowest BCUT2D eigenvalue weighted by Crippen LogP contribution is -2.06. The Morgan fingerprint density at radius 3 is 2.90 bits per heavy atom. The van der Waals surface area contributed by atoms with E-state index in [0.717, 1.165) is 16.8 Å². The molecule has 0 spiro atoms. The van der Waals surface area contributed by atoms with Crippen molar-refractivity contribution in [3.8, 4) is 11.5 Å². The van der Waals surface area contributed by atoms with Gasteiger partial charge in [0.05, 0.1) is 23.4 Å². The number of phenols is 1. The molecular formula is C16H16N2O2S. The summed E-state index contributed by atoms with van der Waals surface area (Å²) in [5, 5.41) is 15.2. The van der Waals surface area contributed by atoms with Crippen molar-refractivity contribution in [2.24, 2.45) is 0 Å². The van der Waals surface area contributed by atoms with Gasteiger partial charge in [0.2, 0.25) is 0 Å². The lowest BCUT2D eigenvalue weighted by molar-refractivity contribution is 0.373. The number of benzene rings is 1. The third kappa shape index (κ3) is 2.78. The Bertz CT molecular complexity index is 770. The van der Waals surface area contributed by atoms with Crippen LogP contribution in [-0.4, -0.2) is 17.2 Å². The van der Waals surface area contributed by atoms with Crippen LogP contribution in [0.25, 0.3) is 10.2 Å². The van der Waals surface area contributed by atoms with Gasteiger partial charge >= 0.3 is 0 Å². The maximum absolute atomic E-state index is 9.81. The molecule has 0 aliphatic heterocycles. The van der Waals surface area contributed by atoms with E-state index < -0.39 is 0 Å². The summed E-state index contributed by atoms with van der Waals surface area (Å²) in [6.07, 6.45) is 1.89. The third-order valence-corrected chi connectivity index (χ3v) is 4.24. The van der Waals surface area contributed by atoms with Crippen LogP contribution in [0, 0.1) is 0 Å². The highest BCUT2D eigenvalue weighted by molar-refractivity contribution is 7.17. The molecule has 0 bridgehead atoms. The second-order valence-corrected chi connectivity index (χ2v) is 5.77. The predicted octanol–water partition coefficient (Wildman–Crippen LogP) is 4.18. The van der Waals surface area contributed by atoms with Crippen LogP contribution in [0.3, 0.4) is 0 Å². The van der Waals surface area contributed by atoms with Gasteiger partial charge < -0.3 is 15.2 Å². The highest BCUT2D eigenvalue weighted by atomic mass is 32.1. The number of pyridine rings is 1. The quantitative estimate of drug-likeness (QED) is 0.759. The zero-order chi connectivity index (χ0) is 14.8. The van der Waals surface area contributed by atoms with E-state index in [-0.39, 0.29) is 11.8 Å². The Balaban J connectivity index is 1.81. The van der Waals surface area contributed by atoms with E-state index in [2.05, 4.69) is 23.3 Å². The Hall–Kier alpha value is -2.27. The van der Waals surface area contributed by atoms with Crippen LogP contribution in [0.2, 0.25) is 0 Å². The molecule has 108 valence electrons. The number of aromatic nitrogens is 1. The summed E-state index contributed by atoms with van der Waals surface area (Å²) < 4.78 is 6.22. The Morgan fingerprint density at radius 2 is 2.14 bits per heavy atom. The molecule has 3 rings (SSSR count). The molecule has 4 nitrogen and oxygen atoms in total. The zero-order valence-electron chi connectivity index (χ0n) is 11.8. The normalized spacial score (nSPS) is 12.3. The predicted molar refractivity (Wildman–Crippen MR) is 86.3 cm³/mol. The second-order valence-electron chi connectivity index (χ2n) is 4.83. The van der Waals surface area contributed by atoms with Gasteiger partial charge in [0, 0.05) is 18.0 Å². The molecule has 2 N–H and O–H groups in total. The van der Waals surface area contributed by atoms with E-state index in [1.54, 1.807) is 23.5 Å². The van der Waals surface area contributed by atoms with Crippen molar-refractivity contribution in [2.45, 2.75) is 13.0 Å². The van der Waals surface area contributed by atoms with E-state index >= 15 is 0 Å². The number of hydrogen-bond acceptors (Lipinski definition) is 5. The van der Waals surface area contributed by atoms with Crippen molar-refractivity contribution in [3.63, 3.8) is 0 Å². The number of anilines is 1. The maximum Gasteiger partial charge on any atom is 0.160 e. The highest BCUT2D eigenvalue weighted by Crippen LogP contribution is 2.31. The molecule has 3 aromatic rings. The van der Waals surface area contributed by atoms with E-state index in [4.69, 9.17) is 4.74 Å². The molecule has 1 atom stereocenters. The average Bonchev–Trinajstić information content (AvgIpc) is 2.94. The summed E-state index contributed by atoms with van der Waals surface area (Å²) in [6, 6.07) is 9.54. The van der Waals surface area contributed by atoms with Gasteiger partial charge in [0.25, 0.3) is 0 Å². The third-order valence-electron chi connectivity index (χ3n) is 3.39. The van der Waals surface area contributed by atoms with Crippen LogP contribution >= 0.6 is 11.3 Å². The molecular weight excluding hydrogens is 284 g/mol. The van der Waals surface area contributed by atoms with Crippen molar-refractivity contribution in [2.75, 3.05) is 12.4 Å². The molecule has 5 heteroatoms. The Labute approximate surface area is 127 Å². The molecule has 0 saturated carbocycles. The minimum absolute atomic E-state index is 0.0943. The zero-order valence-corrected chi connectivity index (χ0v) is 12.6. The molecule has 2 heterocycles. The minimum atomic E-state index is 0.0943. The average molecular weight is 300 g/mol.